The summed E-state index contributed by atoms with van der Waals surface area (Å²) >= 11 is 0. The van der Waals surface area contributed by atoms with Gasteiger partial charge >= 0.3 is 0 Å². The van der Waals surface area contributed by atoms with Crippen LogP contribution in [0.3, 0.4) is 0 Å². The number of piperidine rings is 1. The minimum absolute atomic E-state index is 0.883. The standard InChI is InChI=1S/C15H19N3/c1-11-5-6-13-12(14(11)16)7-8-17-15(13)18-9-3-2-4-10-18/h5-8H,2-4,9-10,16H2,1H3. The summed E-state index contributed by atoms with van der Waals surface area (Å²) in [5.74, 6) is 1.10. The van der Waals surface area contributed by atoms with Gasteiger partial charge in [0.15, 0.2) is 0 Å². The first-order valence-electron chi connectivity index (χ1n) is 6.66. The van der Waals surface area contributed by atoms with Crippen molar-refractivity contribution in [2.24, 2.45) is 0 Å². The molecule has 1 aromatic carbocycles. The number of hydrogen-bond acceptors (Lipinski definition) is 3. The monoisotopic (exact) mass is 241 g/mol. The predicted molar refractivity (Wildman–Crippen MR) is 77.0 cm³/mol. The van der Waals surface area contributed by atoms with Gasteiger partial charge in [0.2, 0.25) is 0 Å². The number of anilines is 2. The highest BCUT2D eigenvalue weighted by molar-refractivity contribution is 6.00. The zero-order valence-electron chi connectivity index (χ0n) is 10.8. The molecule has 3 nitrogen and oxygen atoms in total. The van der Waals surface area contributed by atoms with E-state index < -0.39 is 0 Å². The molecule has 2 heterocycles. The lowest BCUT2D eigenvalue weighted by Crippen LogP contribution is -2.30. The van der Waals surface area contributed by atoms with Crippen LogP contribution in [-0.2, 0) is 0 Å². The molecule has 2 N–H and O–H groups in total. The van der Waals surface area contributed by atoms with Gasteiger partial charge in [-0.25, -0.2) is 4.98 Å². The minimum atomic E-state index is 0.883. The van der Waals surface area contributed by atoms with Crippen molar-refractivity contribution in [3.63, 3.8) is 0 Å². The van der Waals surface area contributed by atoms with Crippen LogP contribution in [0, 0.1) is 6.92 Å². The molecule has 94 valence electrons. The molecule has 1 aliphatic rings. The van der Waals surface area contributed by atoms with Gasteiger partial charge in [-0.2, -0.15) is 0 Å². The summed E-state index contributed by atoms with van der Waals surface area (Å²) < 4.78 is 0. The molecule has 1 aliphatic heterocycles. The predicted octanol–water partition coefficient (Wildman–Crippen LogP) is 3.12. The van der Waals surface area contributed by atoms with E-state index in [2.05, 4.69) is 28.9 Å². The number of rotatable bonds is 1. The van der Waals surface area contributed by atoms with Gasteiger partial charge < -0.3 is 10.6 Å². The quantitative estimate of drug-likeness (QED) is 0.780. The number of nitrogens with zero attached hydrogens (tertiary/aromatic N) is 2. The van der Waals surface area contributed by atoms with Crippen LogP contribution >= 0.6 is 0 Å². The first kappa shape index (κ1) is 11.3. The van der Waals surface area contributed by atoms with Crippen LogP contribution in [0.25, 0.3) is 10.8 Å². The number of aryl methyl sites for hydroxylation is 1. The van der Waals surface area contributed by atoms with E-state index in [9.17, 15) is 0 Å². The Morgan fingerprint density at radius 3 is 2.61 bits per heavy atom. The molecule has 0 unspecified atom stereocenters. The fourth-order valence-corrected chi connectivity index (χ4v) is 2.73. The Kier molecular flexibility index (Phi) is 2.82. The van der Waals surface area contributed by atoms with Crippen LogP contribution in [-0.4, -0.2) is 18.1 Å². The summed E-state index contributed by atoms with van der Waals surface area (Å²) in [4.78, 5) is 6.96. The highest BCUT2D eigenvalue weighted by atomic mass is 15.2. The van der Waals surface area contributed by atoms with Crippen molar-refractivity contribution in [3.8, 4) is 0 Å². The number of fused-ring (bicyclic) bond motifs is 1. The Hall–Kier alpha value is -1.77. The molecule has 0 aliphatic carbocycles. The molecule has 2 aromatic rings. The van der Waals surface area contributed by atoms with Crippen molar-refractivity contribution < 1.29 is 0 Å². The van der Waals surface area contributed by atoms with Crippen LogP contribution in [0.1, 0.15) is 24.8 Å². The van der Waals surface area contributed by atoms with Crippen molar-refractivity contribution in [3.05, 3.63) is 30.0 Å². The maximum Gasteiger partial charge on any atom is 0.136 e. The van der Waals surface area contributed by atoms with Gasteiger partial charge in [0.25, 0.3) is 0 Å². The first-order valence-corrected chi connectivity index (χ1v) is 6.66. The molecule has 0 atom stereocenters. The molecule has 18 heavy (non-hydrogen) atoms. The van der Waals surface area contributed by atoms with Gasteiger partial charge in [-0.05, 0) is 37.8 Å². The number of nitrogen functional groups attached to an aromatic ring is 1. The van der Waals surface area contributed by atoms with Crippen molar-refractivity contribution in [1.82, 2.24) is 4.98 Å². The Balaban J connectivity index is 2.14. The SMILES string of the molecule is Cc1ccc2c(N3CCCCC3)nccc2c1N. The fraction of sp³-hybridized carbons (Fsp3) is 0.400. The van der Waals surface area contributed by atoms with Crippen LogP contribution < -0.4 is 10.6 Å². The molecular formula is C15H19N3. The third-order valence-electron chi connectivity index (χ3n) is 3.84. The van der Waals surface area contributed by atoms with Gasteiger partial charge in [-0.1, -0.05) is 12.1 Å². The highest BCUT2D eigenvalue weighted by Crippen LogP contribution is 2.31. The van der Waals surface area contributed by atoms with E-state index in [0.717, 1.165) is 35.5 Å². The average Bonchev–Trinajstić information content (AvgIpc) is 2.43. The molecule has 3 rings (SSSR count). The van der Waals surface area contributed by atoms with Crippen molar-refractivity contribution in [2.45, 2.75) is 26.2 Å². The van der Waals surface area contributed by atoms with E-state index in [1.54, 1.807) is 0 Å². The summed E-state index contributed by atoms with van der Waals surface area (Å²) in [7, 11) is 0. The van der Waals surface area contributed by atoms with E-state index in [1.807, 2.05) is 12.3 Å². The molecule has 1 aromatic heterocycles. The maximum absolute atomic E-state index is 6.17. The van der Waals surface area contributed by atoms with Gasteiger partial charge in [-0.15, -0.1) is 0 Å². The normalized spacial score (nSPS) is 16.2. The Morgan fingerprint density at radius 1 is 1.06 bits per heavy atom. The van der Waals surface area contributed by atoms with Crippen molar-refractivity contribution in [1.29, 1.82) is 0 Å². The second-order valence-electron chi connectivity index (χ2n) is 5.07. The molecule has 0 radical (unpaired) electrons. The molecular weight excluding hydrogens is 222 g/mol. The summed E-state index contributed by atoms with van der Waals surface area (Å²) in [6, 6.07) is 6.26. The first-order chi connectivity index (χ1) is 8.77. The smallest absolute Gasteiger partial charge is 0.136 e. The number of nitrogens with two attached hydrogens (primary N) is 1. The minimum Gasteiger partial charge on any atom is -0.398 e. The third kappa shape index (κ3) is 1.80. The molecule has 0 bridgehead atoms. The van der Waals surface area contributed by atoms with Gasteiger partial charge in [0.1, 0.15) is 5.82 Å². The van der Waals surface area contributed by atoms with Gasteiger partial charge in [-0.3, -0.25) is 0 Å². The highest BCUT2D eigenvalue weighted by Gasteiger charge is 2.15. The molecule has 0 saturated carbocycles. The number of hydrogen-bond donors (Lipinski definition) is 1. The van der Waals surface area contributed by atoms with E-state index in [1.165, 1.54) is 24.6 Å². The van der Waals surface area contributed by atoms with Crippen LogP contribution in [0.2, 0.25) is 0 Å². The largest absolute Gasteiger partial charge is 0.398 e. The Labute approximate surface area is 108 Å². The van der Waals surface area contributed by atoms with Crippen LogP contribution in [0.5, 0.6) is 0 Å². The van der Waals surface area contributed by atoms with E-state index in [-0.39, 0.29) is 0 Å². The molecule has 0 amide bonds. The molecule has 1 saturated heterocycles. The third-order valence-corrected chi connectivity index (χ3v) is 3.84. The maximum atomic E-state index is 6.17. The number of benzene rings is 1. The van der Waals surface area contributed by atoms with E-state index in [0.29, 0.717) is 0 Å². The summed E-state index contributed by atoms with van der Waals surface area (Å²) in [5.41, 5.74) is 8.19. The lowest BCUT2D eigenvalue weighted by Gasteiger charge is -2.28. The van der Waals surface area contributed by atoms with E-state index in [4.69, 9.17) is 5.73 Å². The van der Waals surface area contributed by atoms with Crippen molar-refractivity contribution in [2.75, 3.05) is 23.7 Å². The lowest BCUT2D eigenvalue weighted by atomic mass is 10.0. The zero-order valence-corrected chi connectivity index (χ0v) is 10.8. The Morgan fingerprint density at radius 2 is 1.83 bits per heavy atom. The Bertz CT molecular complexity index is 571. The summed E-state index contributed by atoms with van der Waals surface area (Å²) in [6.07, 6.45) is 5.74. The fourth-order valence-electron chi connectivity index (χ4n) is 2.73. The zero-order chi connectivity index (χ0) is 12.5. The van der Waals surface area contributed by atoms with E-state index >= 15 is 0 Å². The van der Waals surface area contributed by atoms with Crippen molar-refractivity contribution >= 4 is 22.3 Å². The molecule has 3 heteroatoms. The number of pyridine rings is 1. The van der Waals surface area contributed by atoms with Gasteiger partial charge in [0, 0.05) is 35.7 Å². The summed E-state index contributed by atoms with van der Waals surface area (Å²) in [5, 5.41) is 2.31. The average molecular weight is 241 g/mol. The van der Waals surface area contributed by atoms with Gasteiger partial charge in [0.05, 0.1) is 0 Å². The second kappa shape index (κ2) is 4.48. The topological polar surface area (TPSA) is 42.2 Å². The second-order valence-corrected chi connectivity index (χ2v) is 5.07. The molecule has 0 spiro atoms. The number of aromatic nitrogens is 1. The summed E-state index contributed by atoms with van der Waals surface area (Å²) in [6.45, 7) is 4.27. The molecule has 1 fully saturated rings. The lowest BCUT2D eigenvalue weighted by molar-refractivity contribution is 0.575. The van der Waals surface area contributed by atoms with Crippen LogP contribution in [0.4, 0.5) is 11.5 Å². The van der Waals surface area contributed by atoms with Crippen LogP contribution in [0.15, 0.2) is 24.4 Å².